The van der Waals surface area contributed by atoms with Crippen LogP contribution in [0.2, 0.25) is 5.02 Å². The Labute approximate surface area is 134 Å². The van der Waals surface area contributed by atoms with Crippen molar-refractivity contribution in [1.29, 1.82) is 0 Å². The first kappa shape index (κ1) is 16.6. The molecule has 6 heteroatoms. The molecule has 0 unspecified atom stereocenters. The van der Waals surface area contributed by atoms with Crippen LogP contribution in [-0.4, -0.2) is 41.6 Å². The van der Waals surface area contributed by atoms with Crippen LogP contribution >= 0.6 is 11.6 Å². The van der Waals surface area contributed by atoms with Gasteiger partial charge in [0.1, 0.15) is 5.75 Å². The summed E-state index contributed by atoms with van der Waals surface area (Å²) in [4.78, 5) is 24.8. The zero-order chi connectivity index (χ0) is 16.4. The Balaban J connectivity index is 1.95. The first-order chi connectivity index (χ1) is 10.3. The Bertz CT molecular complexity index is 579. The summed E-state index contributed by atoms with van der Waals surface area (Å²) in [5.74, 6) is -0.992. The van der Waals surface area contributed by atoms with Gasteiger partial charge >= 0.3 is 5.97 Å². The van der Waals surface area contributed by atoms with Gasteiger partial charge in [-0.25, -0.2) is 0 Å². The molecule has 1 N–H and O–H groups in total. The van der Waals surface area contributed by atoms with E-state index in [0.29, 0.717) is 17.3 Å². The lowest BCUT2D eigenvalue weighted by atomic mass is 9.99. The molecule has 2 rings (SSSR count). The summed E-state index contributed by atoms with van der Waals surface area (Å²) in [6.07, 6.45) is 0. The number of benzene rings is 1. The Kier molecular flexibility index (Phi) is 4.96. The van der Waals surface area contributed by atoms with E-state index in [1.807, 2.05) is 20.8 Å². The zero-order valence-electron chi connectivity index (χ0n) is 12.9. The molecule has 22 heavy (non-hydrogen) atoms. The number of hydrogen-bond donors (Lipinski definition) is 1. The van der Waals surface area contributed by atoms with E-state index in [1.165, 1.54) is 0 Å². The Morgan fingerprint density at radius 1 is 1.32 bits per heavy atom. The predicted octanol–water partition coefficient (Wildman–Crippen LogP) is 2.51. The van der Waals surface area contributed by atoms with Crippen molar-refractivity contribution in [2.24, 2.45) is 11.8 Å². The van der Waals surface area contributed by atoms with Crippen LogP contribution in [0.15, 0.2) is 12.1 Å². The number of nitrogens with zero attached hydrogens (tertiary/aromatic N) is 1. The fourth-order valence-electron chi connectivity index (χ4n) is 2.72. The van der Waals surface area contributed by atoms with E-state index >= 15 is 0 Å². The third-order valence-electron chi connectivity index (χ3n) is 4.05. The molecule has 1 fully saturated rings. The van der Waals surface area contributed by atoms with Gasteiger partial charge in [0.15, 0.2) is 6.61 Å². The highest BCUT2D eigenvalue weighted by Crippen LogP contribution is 2.26. The minimum Gasteiger partial charge on any atom is -0.484 e. The van der Waals surface area contributed by atoms with Crippen LogP contribution in [0.1, 0.15) is 18.1 Å². The van der Waals surface area contributed by atoms with E-state index in [2.05, 4.69) is 0 Å². The van der Waals surface area contributed by atoms with Gasteiger partial charge in [0.05, 0.1) is 5.92 Å². The second-order valence-corrected chi connectivity index (χ2v) is 6.26. The van der Waals surface area contributed by atoms with Crippen LogP contribution in [0.4, 0.5) is 0 Å². The second-order valence-electron chi connectivity index (χ2n) is 5.88. The molecule has 0 saturated carbocycles. The number of rotatable bonds is 4. The average Bonchev–Trinajstić information content (AvgIpc) is 2.84. The quantitative estimate of drug-likeness (QED) is 0.923. The lowest BCUT2D eigenvalue weighted by molar-refractivity contribution is -0.142. The number of carboxylic acids is 1. The molecule has 1 aliphatic heterocycles. The minimum atomic E-state index is -0.854. The largest absolute Gasteiger partial charge is 0.484 e. The number of hydrogen-bond acceptors (Lipinski definition) is 3. The summed E-state index contributed by atoms with van der Waals surface area (Å²) in [6, 6.07) is 3.57. The first-order valence-corrected chi connectivity index (χ1v) is 7.57. The molecule has 0 bridgehead atoms. The van der Waals surface area contributed by atoms with Crippen molar-refractivity contribution >= 4 is 23.5 Å². The van der Waals surface area contributed by atoms with E-state index in [4.69, 9.17) is 21.4 Å². The molecule has 1 aromatic rings. The summed E-state index contributed by atoms with van der Waals surface area (Å²) < 4.78 is 5.53. The third kappa shape index (κ3) is 3.53. The van der Waals surface area contributed by atoms with E-state index < -0.39 is 11.9 Å². The molecular weight excluding hydrogens is 306 g/mol. The number of halogens is 1. The number of amides is 1. The molecular formula is C16H20ClNO4. The smallest absolute Gasteiger partial charge is 0.308 e. The lowest BCUT2D eigenvalue weighted by Gasteiger charge is -2.17. The maximum absolute atomic E-state index is 12.2. The van der Waals surface area contributed by atoms with Gasteiger partial charge in [-0.3, -0.25) is 9.59 Å². The number of carboxylic acid groups (broad SMARTS) is 1. The predicted molar refractivity (Wildman–Crippen MR) is 83.3 cm³/mol. The molecule has 2 atom stereocenters. The van der Waals surface area contributed by atoms with E-state index in [-0.39, 0.29) is 25.0 Å². The molecule has 1 saturated heterocycles. The van der Waals surface area contributed by atoms with E-state index in [9.17, 15) is 9.59 Å². The van der Waals surface area contributed by atoms with Gasteiger partial charge in [-0.2, -0.15) is 0 Å². The number of ether oxygens (including phenoxy) is 1. The molecule has 0 radical (unpaired) electrons. The van der Waals surface area contributed by atoms with Crippen LogP contribution in [-0.2, 0) is 9.59 Å². The molecule has 0 aromatic heterocycles. The summed E-state index contributed by atoms with van der Waals surface area (Å²) in [7, 11) is 0. The summed E-state index contributed by atoms with van der Waals surface area (Å²) in [6.45, 7) is 6.21. The van der Waals surface area contributed by atoms with Crippen molar-refractivity contribution in [2.45, 2.75) is 20.8 Å². The molecule has 120 valence electrons. The Hall–Kier alpha value is -1.75. The summed E-state index contributed by atoms with van der Waals surface area (Å²) in [5, 5.41) is 9.79. The van der Waals surface area contributed by atoms with Crippen LogP contribution in [0, 0.1) is 25.7 Å². The van der Waals surface area contributed by atoms with Crippen LogP contribution in [0.25, 0.3) is 0 Å². The van der Waals surface area contributed by atoms with Crippen molar-refractivity contribution in [1.82, 2.24) is 4.90 Å². The lowest BCUT2D eigenvalue weighted by Crippen LogP contribution is -2.33. The number of aryl methyl sites for hydroxylation is 2. The average molecular weight is 326 g/mol. The van der Waals surface area contributed by atoms with Gasteiger partial charge in [-0.1, -0.05) is 18.5 Å². The SMILES string of the molecule is Cc1cc(OCC(=O)N2C[C@@H](C)[C@H](C(=O)O)C2)cc(C)c1Cl. The normalized spacial score (nSPS) is 21.0. The van der Waals surface area contributed by atoms with Crippen molar-refractivity contribution in [3.63, 3.8) is 0 Å². The standard InChI is InChI=1S/C16H20ClNO4/c1-9-4-12(5-10(2)15(9)17)22-8-14(19)18-6-11(3)13(7-18)16(20)21/h4-5,11,13H,6-8H2,1-3H3,(H,20,21)/t11-,13-/m1/s1. The Morgan fingerprint density at radius 3 is 2.41 bits per heavy atom. The summed E-state index contributed by atoms with van der Waals surface area (Å²) >= 11 is 6.09. The third-order valence-corrected chi connectivity index (χ3v) is 4.65. The molecule has 1 aromatic carbocycles. The highest BCUT2D eigenvalue weighted by Gasteiger charge is 2.36. The van der Waals surface area contributed by atoms with Gasteiger partial charge < -0.3 is 14.7 Å². The number of likely N-dealkylation sites (tertiary alicyclic amines) is 1. The maximum atomic E-state index is 12.2. The highest BCUT2D eigenvalue weighted by molar-refractivity contribution is 6.32. The fourth-order valence-corrected chi connectivity index (χ4v) is 2.83. The molecule has 0 aliphatic carbocycles. The number of carbonyl (C=O) groups is 2. The fraction of sp³-hybridized carbons (Fsp3) is 0.500. The first-order valence-electron chi connectivity index (χ1n) is 7.19. The van der Waals surface area contributed by atoms with Crippen molar-refractivity contribution in [3.05, 3.63) is 28.3 Å². The molecule has 1 heterocycles. The number of aliphatic carboxylic acids is 1. The van der Waals surface area contributed by atoms with Crippen LogP contribution in [0.5, 0.6) is 5.75 Å². The van der Waals surface area contributed by atoms with Gasteiger partial charge in [0.2, 0.25) is 0 Å². The van der Waals surface area contributed by atoms with Crippen LogP contribution < -0.4 is 4.74 Å². The van der Waals surface area contributed by atoms with Gasteiger partial charge in [-0.05, 0) is 43.0 Å². The topological polar surface area (TPSA) is 66.8 Å². The van der Waals surface area contributed by atoms with E-state index in [1.54, 1.807) is 17.0 Å². The molecule has 1 aliphatic rings. The second kappa shape index (κ2) is 6.57. The molecule has 0 spiro atoms. The van der Waals surface area contributed by atoms with Gasteiger partial charge in [0.25, 0.3) is 5.91 Å². The summed E-state index contributed by atoms with van der Waals surface area (Å²) in [5.41, 5.74) is 1.79. The molecule has 1 amide bonds. The minimum absolute atomic E-state index is 0.0403. The van der Waals surface area contributed by atoms with Crippen LogP contribution in [0.3, 0.4) is 0 Å². The molecule has 5 nitrogen and oxygen atoms in total. The highest BCUT2D eigenvalue weighted by atomic mass is 35.5. The van der Waals surface area contributed by atoms with Crippen molar-refractivity contribution < 1.29 is 19.4 Å². The van der Waals surface area contributed by atoms with Gasteiger partial charge in [0, 0.05) is 18.1 Å². The van der Waals surface area contributed by atoms with Gasteiger partial charge in [-0.15, -0.1) is 0 Å². The monoisotopic (exact) mass is 325 g/mol. The van der Waals surface area contributed by atoms with Crippen molar-refractivity contribution in [3.8, 4) is 5.75 Å². The zero-order valence-corrected chi connectivity index (χ0v) is 13.7. The number of carbonyl (C=O) groups excluding carboxylic acids is 1. The van der Waals surface area contributed by atoms with Crippen molar-refractivity contribution in [2.75, 3.05) is 19.7 Å². The Morgan fingerprint density at radius 2 is 1.91 bits per heavy atom. The van der Waals surface area contributed by atoms with E-state index in [0.717, 1.165) is 11.1 Å². The maximum Gasteiger partial charge on any atom is 0.308 e.